The molecule has 1 N–H and O–H groups in total. The topological polar surface area (TPSA) is 75.2 Å². The number of oxazole rings is 1. The average Bonchev–Trinajstić information content (AvgIpc) is 3.43. The zero-order valence-electron chi connectivity index (χ0n) is 14.4. The Morgan fingerprint density at radius 1 is 1.11 bits per heavy atom. The van der Waals surface area contributed by atoms with Gasteiger partial charge in [-0.05, 0) is 30.3 Å². The van der Waals surface area contributed by atoms with E-state index >= 15 is 0 Å². The second kappa shape index (κ2) is 5.44. The van der Waals surface area contributed by atoms with Crippen molar-refractivity contribution < 1.29 is 4.42 Å². The summed E-state index contributed by atoms with van der Waals surface area (Å²) in [6.45, 7) is 0.778. The molecule has 132 valence electrons. The molecule has 5 heterocycles. The number of anilines is 1. The quantitative estimate of drug-likeness (QED) is 0.525. The van der Waals surface area contributed by atoms with Crippen molar-refractivity contribution in [3.05, 3.63) is 78.1 Å². The van der Waals surface area contributed by atoms with Gasteiger partial charge in [0.25, 0.3) is 6.01 Å². The number of nitrogens with one attached hydrogen (secondary N) is 1. The summed E-state index contributed by atoms with van der Waals surface area (Å²) in [6, 6.07) is 16.4. The Labute approximate surface area is 154 Å². The maximum absolute atomic E-state index is 6.07. The molecule has 4 aromatic heterocycles. The molecule has 5 aromatic rings. The predicted octanol–water partition coefficient (Wildman–Crippen LogP) is 3.35. The number of fused-ring (bicyclic) bond motifs is 3. The van der Waals surface area contributed by atoms with Crippen LogP contribution in [-0.4, -0.2) is 31.1 Å². The zero-order valence-corrected chi connectivity index (χ0v) is 14.4. The second-order valence-electron chi connectivity index (χ2n) is 6.72. The van der Waals surface area contributed by atoms with E-state index in [0.29, 0.717) is 6.01 Å². The van der Waals surface area contributed by atoms with E-state index in [2.05, 4.69) is 27.0 Å². The second-order valence-corrected chi connectivity index (χ2v) is 6.72. The number of aromatic amines is 1. The molecular weight excluding hydrogens is 340 g/mol. The van der Waals surface area contributed by atoms with Gasteiger partial charge in [-0.1, -0.05) is 18.2 Å². The molecular formula is C20H16N6O. The fourth-order valence-electron chi connectivity index (χ4n) is 3.86. The van der Waals surface area contributed by atoms with Crippen molar-refractivity contribution >= 4 is 22.6 Å². The van der Waals surface area contributed by atoms with Crippen LogP contribution in [0, 0.1) is 0 Å². The lowest BCUT2D eigenvalue weighted by atomic mass is 10.0. The van der Waals surface area contributed by atoms with Crippen molar-refractivity contribution in [1.82, 2.24) is 24.6 Å². The lowest BCUT2D eigenvalue weighted by molar-refractivity contribution is 0.517. The fourth-order valence-corrected chi connectivity index (χ4v) is 3.86. The summed E-state index contributed by atoms with van der Waals surface area (Å²) in [5.74, 6) is 0. The molecule has 0 saturated carbocycles. The molecule has 27 heavy (non-hydrogen) atoms. The fraction of sp³-hybridized carbons (Fsp3) is 0.150. The standard InChI is InChI=1S/C20H16N6O/c1-2-7-17-14(6-1)23-20(27-17)25-10-8-15-18(22-12-21-15)19(25)16-11-13-5-3-4-9-26(13)24-16/h1-7,9,11-12,19H,8,10H2,(H,21,22)/t19-/m0/s1. The Hall–Kier alpha value is -3.61. The van der Waals surface area contributed by atoms with E-state index in [1.54, 1.807) is 6.33 Å². The Kier molecular flexibility index (Phi) is 2.93. The normalized spacial score (nSPS) is 16.9. The van der Waals surface area contributed by atoms with E-state index in [-0.39, 0.29) is 6.04 Å². The molecule has 7 heteroatoms. The molecule has 0 amide bonds. The van der Waals surface area contributed by atoms with E-state index in [4.69, 9.17) is 14.5 Å². The van der Waals surface area contributed by atoms with E-state index in [1.165, 1.54) is 0 Å². The van der Waals surface area contributed by atoms with Crippen LogP contribution in [0.1, 0.15) is 23.1 Å². The van der Waals surface area contributed by atoms with Crippen molar-refractivity contribution in [1.29, 1.82) is 0 Å². The van der Waals surface area contributed by atoms with Gasteiger partial charge in [-0.15, -0.1) is 0 Å². The van der Waals surface area contributed by atoms with Crippen LogP contribution in [0.25, 0.3) is 16.6 Å². The summed E-state index contributed by atoms with van der Waals surface area (Å²) < 4.78 is 7.96. The van der Waals surface area contributed by atoms with Gasteiger partial charge < -0.3 is 14.3 Å². The highest BCUT2D eigenvalue weighted by Gasteiger charge is 2.35. The summed E-state index contributed by atoms with van der Waals surface area (Å²) in [5, 5.41) is 4.80. The van der Waals surface area contributed by atoms with Gasteiger partial charge in [-0.2, -0.15) is 10.1 Å². The molecule has 0 radical (unpaired) electrons. The van der Waals surface area contributed by atoms with E-state index in [1.807, 2.05) is 47.1 Å². The molecule has 1 aliphatic rings. The first-order chi connectivity index (χ1) is 13.4. The first-order valence-electron chi connectivity index (χ1n) is 8.95. The van der Waals surface area contributed by atoms with Gasteiger partial charge in [-0.25, -0.2) is 9.50 Å². The molecule has 0 aliphatic carbocycles. The third-order valence-electron chi connectivity index (χ3n) is 5.12. The molecule has 0 spiro atoms. The minimum Gasteiger partial charge on any atom is -0.423 e. The molecule has 1 atom stereocenters. The summed E-state index contributed by atoms with van der Waals surface area (Å²) in [4.78, 5) is 14.7. The van der Waals surface area contributed by atoms with Gasteiger partial charge in [0.15, 0.2) is 5.58 Å². The molecule has 0 saturated heterocycles. The Bertz CT molecular complexity index is 1200. The lowest BCUT2D eigenvalue weighted by Gasteiger charge is -2.32. The van der Waals surface area contributed by atoms with Gasteiger partial charge in [0, 0.05) is 24.9 Å². The summed E-state index contributed by atoms with van der Waals surface area (Å²) >= 11 is 0. The number of rotatable bonds is 2. The largest absolute Gasteiger partial charge is 0.423 e. The Balaban J connectivity index is 1.53. The molecule has 0 bridgehead atoms. The monoisotopic (exact) mass is 356 g/mol. The smallest absolute Gasteiger partial charge is 0.299 e. The number of benzene rings is 1. The number of pyridine rings is 1. The maximum atomic E-state index is 6.07. The van der Waals surface area contributed by atoms with Crippen LogP contribution in [0.3, 0.4) is 0 Å². The van der Waals surface area contributed by atoms with E-state index in [0.717, 1.165) is 46.7 Å². The number of aromatic nitrogens is 5. The summed E-state index contributed by atoms with van der Waals surface area (Å²) in [7, 11) is 0. The number of para-hydroxylation sites is 2. The maximum Gasteiger partial charge on any atom is 0.299 e. The minimum atomic E-state index is -0.145. The van der Waals surface area contributed by atoms with Crippen molar-refractivity contribution in [2.24, 2.45) is 0 Å². The third-order valence-corrected chi connectivity index (χ3v) is 5.12. The molecule has 1 aliphatic heterocycles. The minimum absolute atomic E-state index is 0.145. The third kappa shape index (κ3) is 2.18. The Morgan fingerprint density at radius 2 is 2.04 bits per heavy atom. The first kappa shape index (κ1) is 14.5. The SMILES string of the molecule is c1ccc2oc(N3CCc4[nH]cnc4[C@@H]3c3cc4ccccn4n3)nc2c1. The number of H-pyrrole nitrogens is 1. The van der Waals surface area contributed by atoms with Gasteiger partial charge in [0.05, 0.1) is 23.2 Å². The number of hydrogen-bond acceptors (Lipinski definition) is 5. The van der Waals surface area contributed by atoms with Crippen LogP contribution in [0.2, 0.25) is 0 Å². The van der Waals surface area contributed by atoms with Crippen molar-refractivity contribution in [3.8, 4) is 0 Å². The molecule has 1 aromatic carbocycles. The van der Waals surface area contributed by atoms with Crippen LogP contribution < -0.4 is 4.90 Å². The van der Waals surface area contributed by atoms with Gasteiger partial charge >= 0.3 is 0 Å². The van der Waals surface area contributed by atoms with Crippen LogP contribution in [-0.2, 0) is 6.42 Å². The first-order valence-corrected chi connectivity index (χ1v) is 8.95. The summed E-state index contributed by atoms with van der Waals surface area (Å²) in [5.41, 5.74) is 5.74. The molecule has 6 rings (SSSR count). The van der Waals surface area contributed by atoms with Crippen molar-refractivity contribution in [2.75, 3.05) is 11.4 Å². The average molecular weight is 356 g/mol. The highest BCUT2D eigenvalue weighted by atomic mass is 16.4. The van der Waals surface area contributed by atoms with E-state index < -0.39 is 0 Å². The highest BCUT2D eigenvalue weighted by Crippen LogP contribution is 2.37. The van der Waals surface area contributed by atoms with Gasteiger partial charge in [-0.3, -0.25) is 0 Å². The molecule has 7 nitrogen and oxygen atoms in total. The van der Waals surface area contributed by atoms with E-state index in [9.17, 15) is 0 Å². The van der Waals surface area contributed by atoms with Gasteiger partial charge in [0.2, 0.25) is 0 Å². The molecule has 0 fully saturated rings. The number of hydrogen-bond donors (Lipinski definition) is 1. The van der Waals surface area contributed by atoms with Crippen LogP contribution in [0.5, 0.6) is 0 Å². The Morgan fingerprint density at radius 3 is 2.96 bits per heavy atom. The van der Waals surface area contributed by atoms with Crippen LogP contribution >= 0.6 is 0 Å². The van der Waals surface area contributed by atoms with Crippen molar-refractivity contribution in [3.63, 3.8) is 0 Å². The number of nitrogens with zero attached hydrogens (tertiary/aromatic N) is 5. The van der Waals surface area contributed by atoms with Crippen LogP contribution in [0.4, 0.5) is 6.01 Å². The highest BCUT2D eigenvalue weighted by molar-refractivity contribution is 5.74. The number of imidazole rings is 1. The van der Waals surface area contributed by atoms with Gasteiger partial charge in [0.1, 0.15) is 11.6 Å². The zero-order chi connectivity index (χ0) is 17.8. The predicted molar refractivity (Wildman–Crippen MR) is 101 cm³/mol. The molecule has 0 unspecified atom stereocenters. The summed E-state index contributed by atoms with van der Waals surface area (Å²) in [6.07, 6.45) is 4.57. The lowest BCUT2D eigenvalue weighted by Crippen LogP contribution is -2.36. The van der Waals surface area contributed by atoms with Crippen LogP contribution in [0.15, 0.2) is 65.5 Å². The van der Waals surface area contributed by atoms with Crippen molar-refractivity contribution in [2.45, 2.75) is 12.5 Å².